The molecular weight excluding hydrogens is 197 g/mol. The van der Waals surface area contributed by atoms with Crippen LogP contribution in [0.15, 0.2) is 18.3 Å². The highest BCUT2D eigenvalue weighted by Crippen LogP contribution is 2.64. The maximum atomic E-state index is 13.4. The van der Waals surface area contributed by atoms with Crippen molar-refractivity contribution in [2.45, 2.75) is 19.8 Å². The molecule has 0 spiro atoms. The van der Waals surface area contributed by atoms with Crippen molar-refractivity contribution >= 4 is 5.97 Å². The SMILES string of the molecule is CC1(C)[C@H](C(=O)O)[C@H]1c1cccnc1F. The Kier molecular flexibility index (Phi) is 2.03. The lowest BCUT2D eigenvalue weighted by atomic mass is 10.0. The molecule has 0 aromatic carbocycles. The first-order valence-corrected chi connectivity index (χ1v) is 4.79. The molecule has 1 fully saturated rings. The molecule has 4 heteroatoms. The molecule has 15 heavy (non-hydrogen) atoms. The second-order valence-corrected chi connectivity index (χ2v) is 4.50. The molecule has 0 bridgehead atoms. The quantitative estimate of drug-likeness (QED) is 0.758. The summed E-state index contributed by atoms with van der Waals surface area (Å²) >= 11 is 0. The molecule has 1 heterocycles. The third kappa shape index (κ3) is 1.40. The van der Waals surface area contributed by atoms with Crippen molar-refractivity contribution in [3.05, 3.63) is 29.8 Å². The average molecular weight is 209 g/mol. The van der Waals surface area contributed by atoms with Gasteiger partial charge in [0.1, 0.15) is 0 Å². The van der Waals surface area contributed by atoms with Crippen molar-refractivity contribution in [1.82, 2.24) is 4.98 Å². The van der Waals surface area contributed by atoms with Crippen LogP contribution in [0.3, 0.4) is 0 Å². The summed E-state index contributed by atoms with van der Waals surface area (Å²) in [5.41, 5.74) is 0.0327. The molecule has 1 N–H and O–H groups in total. The van der Waals surface area contributed by atoms with Crippen molar-refractivity contribution < 1.29 is 14.3 Å². The highest BCUT2D eigenvalue weighted by atomic mass is 19.1. The summed E-state index contributed by atoms with van der Waals surface area (Å²) in [6, 6.07) is 3.24. The van der Waals surface area contributed by atoms with Crippen molar-refractivity contribution in [2.24, 2.45) is 11.3 Å². The van der Waals surface area contributed by atoms with Crippen LogP contribution >= 0.6 is 0 Å². The van der Waals surface area contributed by atoms with Crippen molar-refractivity contribution in [1.29, 1.82) is 0 Å². The van der Waals surface area contributed by atoms with Gasteiger partial charge in [0.2, 0.25) is 5.95 Å². The summed E-state index contributed by atoms with van der Waals surface area (Å²) in [6.07, 6.45) is 1.37. The molecule has 0 amide bonds. The normalized spacial score (nSPS) is 27.4. The van der Waals surface area contributed by atoms with Crippen LogP contribution in [0.1, 0.15) is 25.3 Å². The molecule has 1 aromatic heterocycles. The van der Waals surface area contributed by atoms with E-state index in [0.717, 1.165) is 0 Å². The number of hydrogen-bond acceptors (Lipinski definition) is 2. The minimum absolute atomic E-state index is 0.260. The Balaban J connectivity index is 2.36. The fraction of sp³-hybridized carbons (Fsp3) is 0.455. The van der Waals surface area contributed by atoms with Crippen LogP contribution < -0.4 is 0 Å². The van der Waals surface area contributed by atoms with E-state index in [1.807, 2.05) is 13.8 Å². The van der Waals surface area contributed by atoms with Gasteiger partial charge in [-0.3, -0.25) is 4.79 Å². The zero-order valence-corrected chi connectivity index (χ0v) is 8.57. The van der Waals surface area contributed by atoms with Gasteiger partial charge >= 0.3 is 5.97 Å². The molecule has 2 atom stereocenters. The number of aromatic nitrogens is 1. The number of pyridine rings is 1. The van der Waals surface area contributed by atoms with Gasteiger partial charge < -0.3 is 5.11 Å². The Morgan fingerprint density at radius 1 is 1.60 bits per heavy atom. The zero-order chi connectivity index (χ0) is 11.2. The topological polar surface area (TPSA) is 50.2 Å². The second-order valence-electron chi connectivity index (χ2n) is 4.50. The van der Waals surface area contributed by atoms with E-state index in [4.69, 9.17) is 5.11 Å². The first-order valence-electron chi connectivity index (χ1n) is 4.79. The Hall–Kier alpha value is -1.45. The number of carboxylic acid groups (broad SMARTS) is 1. The van der Waals surface area contributed by atoms with Gasteiger partial charge in [-0.1, -0.05) is 19.9 Å². The summed E-state index contributed by atoms with van der Waals surface area (Å²) in [5, 5.41) is 8.97. The fourth-order valence-electron chi connectivity index (χ4n) is 2.31. The molecule has 0 saturated heterocycles. The van der Waals surface area contributed by atoms with Gasteiger partial charge in [0, 0.05) is 17.7 Å². The fourth-order valence-corrected chi connectivity index (χ4v) is 2.31. The predicted molar refractivity (Wildman–Crippen MR) is 51.8 cm³/mol. The third-order valence-corrected chi connectivity index (χ3v) is 3.22. The Morgan fingerprint density at radius 3 is 2.73 bits per heavy atom. The Labute approximate surface area is 87.0 Å². The summed E-state index contributed by atoms with van der Waals surface area (Å²) < 4.78 is 13.4. The number of carbonyl (C=O) groups is 1. The van der Waals surface area contributed by atoms with Gasteiger partial charge in [-0.2, -0.15) is 4.39 Å². The minimum Gasteiger partial charge on any atom is -0.481 e. The van der Waals surface area contributed by atoms with Crippen LogP contribution in [0, 0.1) is 17.3 Å². The van der Waals surface area contributed by atoms with Crippen LogP contribution in [-0.2, 0) is 4.79 Å². The molecule has 3 nitrogen and oxygen atoms in total. The molecule has 2 rings (SSSR count). The van der Waals surface area contributed by atoms with E-state index < -0.39 is 17.8 Å². The van der Waals surface area contributed by atoms with E-state index in [2.05, 4.69) is 4.98 Å². The number of halogens is 1. The number of carboxylic acids is 1. The number of aliphatic carboxylic acids is 1. The Bertz CT molecular complexity index is 417. The van der Waals surface area contributed by atoms with E-state index in [1.54, 1.807) is 12.1 Å². The summed E-state index contributed by atoms with van der Waals surface area (Å²) in [6.45, 7) is 3.67. The summed E-state index contributed by atoms with van der Waals surface area (Å²) in [4.78, 5) is 14.5. The largest absolute Gasteiger partial charge is 0.481 e. The molecule has 80 valence electrons. The van der Waals surface area contributed by atoms with E-state index in [1.165, 1.54) is 6.20 Å². The maximum Gasteiger partial charge on any atom is 0.307 e. The highest BCUT2D eigenvalue weighted by Gasteiger charge is 2.63. The van der Waals surface area contributed by atoms with Gasteiger partial charge in [0.05, 0.1) is 5.92 Å². The molecular formula is C11H12FNO2. The van der Waals surface area contributed by atoms with Crippen LogP contribution in [0.5, 0.6) is 0 Å². The number of hydrogen-bond donors (Lipinski definition) is 1. The van der Waals surface area contributed by atoms with Gasteiger partial charge in [-0.05, 0) is 11.5 Å². The van der Waals surface area contributed by atoms with Gasteiger partial charge in [0.25, 0.3) is 0 Å². The van der Waals surface area contributed by atoms with E-state index in [0.29, 0.717) is 5.56 Å². The monoisotopic (exact) mass is 209 g/mol. The average Bonchev–Trinajstić information content (AvgIpc) is 2.70. The smallest absolute Gasteiger partial charge is 0.307 e. The first kappa shape index (κ1) is 10.1. The maximum absolute atomic E-state index is 13.4. The lowest BCUT2D eigenvalue weighted by molar-refractivity contribution is -0.139. The second kappa shape index (κ2) is 3.02. The standard InChI is InChI=1S/C11H12FNO2/c1-11(2)7(8(11)10(14)15)6-4-3-5-13-9(6)12/h3-5,7-8H,1-2H3,(H,14,15)/t7-,8+/m1/s1. The molecule has 1 aromatic rings. The van der Waals surface area contributed by atoms with Crippen LogP contribution in [0.2, 0.25) is 0 Å². The molecule has 0 aliphatic heterocycles. The highest BCUT2D eigenvalue weighted by molar-refractivity contribution is 5.77. The lowest BCUT2D eigenvalue weighted by Gasteiger charge is -2.02. The van der Waals surface area contributed by atoms with E-state index in [9.17, 15) is 9.18 Å². The summed E-state index contributed by atoms with van der Waals surface area (Å²) in [7, 11) is 0. The molecule has 1 aliphatic carbocycles. The molecule has 0 unspecified atom stereocenters. The van der Waals surface area contributed by atoms with Gasteiger partial charge in [-0.25, -0.2) is 4.98 Å². The van der Waals surface area contributed by atoms with Crippen molar-refractivity contribution in [2.75, 3.05) is 0 Å². The Morgan fingerprint density at radius 2 is 2.27 bits per heavy atom. The summed E-state index contributed by atoms with van der Waals surface area (Å²) in [5.74, 6) is -2.19. The van der Waals surface area contributed by atoms with Crippen molar-refractivity contribution in [3.8, 4) is 0 Å². The van der Waals surface area contributed by atoms with Crippen LogP contribution in [0.25, 0.3) is 0 Å². The zero-order valence-electron chi connectivity index (χ0n) is 8.57. The van der Waals surface area contributed by atoms with Gasteiger partial charge in [0.15, 0.2) is 0 Å². The van der Waals surface area contributed by atoms with E-state index in [-0.39, 0.29) is 11.3 Å². The first-order chi connectivity index (χ1) is 6.96. The van der Waals surface area contributed by atoms with Crippen LogP contribution in [-0.4, -0.2) is 16.1 Å². The van der Waals surface area contributed by atoms with Gasteiger partial charge in [-0.15, -0.1) is 0 Å². The molecule has 1 aliphatic rings. The lowest BCUT2D eigenvalue weighted by Crippen LogP contribution is -2.03. The predicted octanol–water partition coefficient (Wildman–Crippen LogP) is 2.04. The molecule has 1 saturated carbocycles. The van der Waals surface area contributed by atoms with Crippen molar-refractivity contribution in [3.63, 3.8) is 0 Å². The number of rotatable bonds is 2. The minimum atomic E-state index is -0.867. The van der Waals surface area contributed by atoms with E-state index >= 15 is 0 Å². The number of nitrogens with zero attached hydrogens (tertiary/aromatic N) is 1. The molecule has 0 radical (unpaired) electrons. The van der Waals surface area contributed by atoms with Crippen LogP contribution in [0.4, 0.5) is 4.39 Å². The third-order valence-electron chi connectivity index (χ3n) is 3.22.